The molecule has 0 aromatic rings. The fourth-order valence-corrected chi connectivity index (χ4v) is 6.65. The molecule has 0 radical (unpaired) electrons. The molecule has 0 saturated carbocycles. The molecule has 2 aliphatic heterocycles. The first-order chi connectivity index (χ1) is 20.7. The third kappa shape index (κ3) is 14.8. The fraction of sp³-hybridized carbons (Fsp3) is 0.903. The number of nitrogens with zero attached hydrogens (tertiary/aromatic N) is 2. The number of hydrogen-bond acceptors (Lipinski definition) is 9. The lowest BCUT2D eigenvalue weighted by molar-refractivity contribution is -0.134. The van der Waals surface area contributed by atoms with E-state index >= 15 is 0 Å². The van der Waals surface area contributed by atoms with Gasteiger partial charge in [-0.2, -0.15) is 0 Å². The summed E-state index contributed by atoms with van der Waals surface area (Å²) in [6, 6.07) is 0.0777. The molecule has 2 amide bonds. The monoisotopic (exact) mass is 646 g/mol. The molecule has 13 heteroatoms. The van der Waals surface area contributed by atoms with Crippen LogP contribution in [0.2, 0.25) is 0 Å². The maximum Gasteiger partial charge on any atom is 0.472 e. The summed E-state index contributed by atoms with van der Waals surface area (Å²) < 4.78 is 29.8. The molecule has 0 aromatic heterocycles. The number of likely N-dealkylation sites (tertiary alicyclic amines) is 2. The molecule has 0 aliphatic carbocycles. The highest BCUT2D eigenvalue weighted by Gasteiger charge is 2.41. The summed E-state index contributed by atoms with van der Waals surface area (Å²) in [5.41, 5.74) is 0. The first kappa shape index (κ1) is 38.8. The smallest absolute Gasteiger partial charge is 0.377 e. The van der Waals surface area contributed by atoms with Crippen LogP contribution in [0.5, 0.6) is 0 Å². The van der Waals surface area contributed by atoms with Crippen molar-refractivity contribution in [1.82, 2.24) is 20.4 Å². The van der Waals surface area contributed by atoms with E-state index in [1.54, 1.807) is 9.80 Å². The molecule has 0 bridgehead atoms. The molecule has 2 fully saturated rings. The standard InChI is InChI=1S/C31H59N4O8P/c1-22(2)32-14-8-10-28(36)12-13-31(38)34-18-25(7)16-26(34)21-42-44(39,40)43-29-17-27(20-41-24(5)6)35(19-29)30(37)11-9-15-33-23(3)4/h22-27,29,32-33H,8-21H2,1-7H3,(H,39,40)/t25-,26+,27+,29?/m1/s1. The van der Waals surface area contributed by atoms with Crippen LogP contribution in [-0.2, 0) is 32.7 Å². The van der Waals surface area contributed by atoms with Crippen LogP contribution in [0.4, 0.5) is 0 Å². The van der Waals surface area contributed by atoms with Gasteiger partial charge in [-0.3, -0.25) is 23.4 Å². The summed E-state index contributed by atoms with van der Waals surface area (Å²) in [5, 5.41) is 6.59. The summed E-state index contributed by atoms with van der Waals surface area (Å²) in [5.74, 6) is 0.0844. The summed E-state index contributed by atoms with van der Waals surface area (Å²) >= 11 is 0. The number of carbonyl (C=O) groups is 3. The van der Waals surface area contributed by atoms with Gasteiger partial charge in [-0.25, -0.2) is 4.57 Å². The van der Waals surface area contributed by atoms with Crippen LogP contribution in [0, 0.1) is 5.92 Å². The van der Waals surface area contributed by atoms with Crippen molar-refractivity contribution in [3.05, 3.63) is 0 Å². The molecule has 2 saturated heterocycles. The van der Waals surface area contributed by atoms with Crippen molar-refractivity contribution >= 4 is 25.4 Å². The fourth-order valence-electron chi connectivity index (χ4n) is 5.70. The zero-order chi connectivity index (χ0) is 32.9. The normalized spacial score (nSPS) is 23.7. The van der Waals surface area contributed by atoms with Crippen LogP contribution in [0.25, 0.3) is 0 Å². The Kier molecular flexibility index (Phi) is 17.0. The first-order valence-electron chi connectivity index (χ1n) is 16.5. The minimum atomic E-state index is -4.47. The molecule has 3 N–H and O–H groups in total. The minimum Gasteiger partial charge on any atom is -0.377 e. The number of ether oxygens (including phenoxy) is 1. The number of amides is 2. The molecule has 2 rings (SSSR count). The number of Topliss-reactive ketones (excluding diaryl/α,β-unsaturated/α-hetero) is 1. The molecular weight excluding hydrogens is 587 g/mol. The van der Waals surface area contributed by atoms with Crippen LogP contribution < -0.4 is 10.6 Å². The Morgan fingerprint density at radius 1 is 0.818 bits per heavy atom. The highest BCUT2D eigenvalue weighted by atomic mass is 31.2. The number of hydrogen-bond donors (Lipinski definition) is 3. The number of phosphoric acid groups is 1. The Hall–Kier alpha value is -1.40. The molecule has 12 nitrogen and oxygen atoms in total. The quantitative estimate of drug-likeness (QED) is 0.125. The second-order valence-electron chi connectivity index (χ2n) is 13.3. The third-order valence-electron chi connectivity index (χ3n) is 7.90. The largest absolute Gasteiger partial charge is 0.472 e. The van der Waals surface area contributed by atoms with Gasteiger partial charge in [0.25, 0.3) is 0 Å². The number of rotatable bonds is 21. The van der Waals surface area contributed by atoms with Crippen molar-refractivity contribution in [2.24, 2.45) is 5.92 Å². The Balaban J connectivity index is 1.87. The Morgan fingerprint density at radius 2 is 1.39 bits per heavy atom. The maximum absolute atomic E-state index is 13.0. The lowest BCUT2D eigenvalue weighted by Gasteiger charge is -2.26. The maximum atomic E-state index is 13.0. The second kappa shape index (κ2) is 19.3. The molecule has 256 valence electrons. The van der Waals surface area contributed by atoms with Crippen molar-refractivity contribution in [1.29, 1.82) is 0 Å². The van der Waals surface area contributed by atoms with Gasteiger partial charge in [-0.1, -0.05) is 34.6 Å². The van der Waals surface area contributed by atoms with E-state index in [4.69, 9.17) is 13.8 Å². The molecule has 2 aliphatic rings. The van der Waals surface area contributed by atoms with Gasteiger partial charge in [0.2, 0.25) is 11.8 Å². The molecule has 2 unspecified atom stereocenters. The lowest BCUT2D eigenvalue weighted by atomic mass is 10.1. The first-order valence-corrected chi connectivity index (χ1v) is 18.0. The minimum absolute atomic E-state index is 0.0148. The van der Waals surface area contributed by atoms with Crippen LogP contribution in [0.1, 0.15) is 99.8 Å². The van der Waals surface area contributed by atoms with E-state index in [1.807, 2.05) is 20.8 Å². The zero-order valence-electron chi connectivity index (χ0n) is 28.1. The van der Waals surface area contributed by atoms with E-state index in [9.17, 15) is 23.8 Å². The number of phosphoric ester groups is 1. The van der Waals surface area contributed by atoms with E-state index < -0.39 is 13.9 Å². The molecule has 0 spiro atoms. The zero-order valence-corrected chi connectivity index (χ0v) is 29.0. The molecule has 44 heavy (non-hydrogen) atoms. The summed E-state index contributed by atoms with van der Waals surface area (Å²) in [6.45, 7) is 16.5. The molecule has 5 atom stereocenters. The van der Waals surface area contributed by atoms with Gasteiger partial charge >= 0.3 is 7.82 Å². The van der Waals surface area contributed by atoms with Crippen molar-refractivity contribution in [3.8, 4) is 0 Å². The highest BCUT2D eigenvalue weighted by Crippen LogP contribution is 2.47. The molecule has 0 aromatic carbocycles. The van der Waals surface area contributed by atoms with Gasteiger partial charge < -0.3 is 30.1 Å². The molecule has 2 heterocycles. The van der Waals surface area contributed by atoms with E-state index in [2.05, 4.69) is 38.3 Å². The van der Waals surface area contributed by atoms with Gasteiger partial charge in [0.15, 0.2) is 0 Å². The Labute approximate surface area is 264 Å². The van der Waals surface area contributed by atoms with Crippen LogP contribution in [0.15, 0.2) is 0 Å². The second-order valence-corrected chi connectivity index (χ2v) is 14.7. The van der Waals surface area contributed by atoms with Crippen molar-refractivity contribution in [2.75, 3.05) is 39.4 Å². The third-order valence-corrected chi connectivity index (χ3v) is 8.94. The summed E-state index contributed by atoms with van der Waals surface area (Å²) in [6.07, 6.45) is 2.84. The average Bonchev–Trinajstić information content (AvgIpc) is 3.51. The van der Waals surface area contributed by atoms with Crippen LogP contribution >= 0.6 is 7.82 Å². The number of carbonyl (C=O) groups excluding carboxylic acids is 3. The highest BCUT2D eigenvalue weighted by molar-refractivity contribution is 7.47. The van der Waals surface area contributed by atoms with Crippen molar-refractivity contribution in [2.45, 2.75) is 136 Å². The number of ketones is 1. The van der Waals surface area contributed by atoms with E-state index in [1.165, 1.54) is 0 Å². The van der Waals surface area contributed by atoms with Gasteiger partial charge in [0.05, 0.1) is 37.5 Å². The molecular formula is C31H59N4O8P. The van der Waals surface area contributed by atoms with Gasteiger partial charge in [0, 0.05) is 50.9 Å². The van der Waals surface area contributed by atoms with Gasteiger partial charge in [0.1, 0.15) is 5.78 Å². The SMILES string of the molecule is CC(C)NCCCC(=O)CCC(=O)N1C[C@H](C)C[C@H]1COP(=O)(O)OC1C[C@@H](COC(C)C)N(C(=O)CCCNC(C)C)C1. The Morgan fingerprint density at radius 3 is 2.00 bits per heavy atom. The van der Waals surface area contributed by atoms with Crippen molar-refractivity contribution in [3.63, 3.8) is 0 Å². The number of nitrogens with one attached hydrogen (secondary N) is 2. The topological polar surface area (TPSA) is 147 Å². The van der Waals surface area contributed by atoms with Crippen LogP contribution in [0.3, 0.4) is 0 Å². The van der Waals surface area contributed by atoms with E-state index in [-0.39, 0.29) is 67.7 Å². The van der Waals surface area contributed by atoms with E-state index in [0.717, 1.165) is 19.5 Å². The predicted octanol–water partition coefficient (Wildman–Crippen LogP) is 3.66. The van der Waals surface area contributed by atoms with Gasteiger partial charge in [-0.15, -0.1) is 0 Å². The summed E-state index contributed by atoms with van der Waals surface area (Å²) in [4.78, 5) is 52.3. The lowest BCUT2D eigenvalue weighted by Crippen LogP contribution is -2.39. The average molecular weight is 647 g/mol. The predicted molar refractivity (Wildman–Crippen MR) is 170 cm³/mol. The van der Waals surface area contributed by atoms with Crippen molar-refractivity contribution < 1.29 is 37.6 Å². The van der Waals surface area contributed by atoms with Gasteiger partial charge in [-0.05, 0) is 58.5 Å². The Bertz CT molecular complexity index is 950. The summed E-state index contributed by atoms with van der Waals surface area (Å²) in [7, 11) is -4.47. The van der Waals surface area contributed by atoms with E-state index in [0.29, 0.717) is 57.3 Å². The van der Waals surface area contributed by atoms with Crippen LogP contribution in [-0.4, -0.2) is 108 Å².